The summed E-state index contributed by atoms with van der Waals surface area (Å²) in [4.78, 5) is 33.2. The lowest BCUT2D eigenvalue weighted by atomic mass is 10.0. The van der Waals surface area contributed by atoms with Crippen LogP contribution in [0, 0.1) is 12.8 Å². The van der Waals surface area contributed by atoms with Crippen LogP contribution in [0.5, 0.6) is 0 Å². The Balaban J connectivity index is 1.59. The molecule has 0 spiro atoms. The molecular formula is C16H21N5O3. The number of aryl methyl sites for hydroxylation is 1. The van der Waals surface area contributed by atoms with Crippen molar-refractivity contribution < 1.29 is 9.21 Å². The molecule has 1 unspecified atom stereocenters. The number of H-pyrrole nitrogens is 2. The molecule has 128 valence electrons. The summed E-state index contributed by atoms with van der Waals surface area (Å²) in [7, 11) is 0. The van der Waals surface area contributed by atoms with Crippen LogP contribution in [0.25, 0.3) is 0 Å². The van der Waals surface area contributed by atoms with Crippen molar-refractivity contribution in [3.05, 3.63) is 33.7 Å². The highest BCUT2D eigenvalue weighted by molar-refractivity contribution is 5.92. The van der Waals surface area contributed by atoms with Gasteiger partial charge in [0.15, 0.2) is 11.7 Å². The van der Waals surface area contributed by atoms with E-state index in [1.807, 2.05) is 6.92 Å². The van der Waals surface area contributed by atoms with Crippen molar-refractivity contribution in [3.63, 3.8) is 0 Å². The van der Waals surface area contributed by atoms with E-state index < -0.39 is 0 Å². The summed E-state index contributed by atoms with van der Waals surface area (Å²) in [5, 5.41) is 6.38. The van der Waals surface area contributed by atoms with E-state index in [0.29, 0.717) is 35.6 Å². The molecule has 0 radical (unpaired) electrons. The van der Waals surface area contributed by atoms with Crippen LogP contribution < -0.4 is 5.69 Å². The number of amides is 1. The van der Waals surface area contributed by atoms with Crippen LogP contribution in [-0.2, 0) is 6.42 Å². The Morgan fingerprint density at radius 3 is 2.88 bits per heavy atom. The number of aromatic amines is 2. The van der Waals surface area contributed by atoms with Gasteiger partial charge in [0.2, 0.25) is 5.76 Å². The first-order chi connectivity index (χ1) is 11.6. The molecule has 1 aliphatic carbocycles. The van der Waals surface area contributed by atoms with Gasteiger partial charge in [-0.05, 0) is 44.9 Å². The van der Waals surface area contributed by atoms with Crippen molar-refractivity contribution in [2.45, 2.75) is 51.5 Å². The van der Waals surface area contributed by atoms with Crippen LogP contribution in [0.4, 0.5) is 0 Å². The van der Waals surface area contributed by atoms with Gasteiger partial charge in [0.25, 0.3) is 5.91 Å². The highest BCUT2D eigenvalue weighted by atomic mass is 16.4. The van der Waals surface area contributed by atoms with E-state index in [1.54, 1.807) is 4.90 Å². The molecule has 3 heterocycles. The number of carbonyl (C=O) groups excluding carboxylic acids is 1. The highest BCUT2D eigenvalue weighted by Gasteiger charge is 2.34. The fourth-order valence-electron chi connectivity index (χ4n) is 3.34. The number of rotatable bonds is 4. The number of oxazole rings is 1. The molecule has 2 aromatic rings. The fourth-order valence-corrected chi connectivity index (χ4v) is 3.34. The number of nitrogens with one attached hydrogen (secondary N) is 2. The van der Waals surface area contributed by atoms with Gasteiger partial charge in [-0.1, -0.05) is 0 Å². The van der Waals surface area contributed by atoms with Gasteiger partial charge in [0.1, 0.15) is 0 Å². The van der Waals surface area contributed by atoms with Gasteiger partial charge >= 0.3 is 5.69 Å². The number of likely N-dealkylation sites (tertiary alicyclic amines) is 1. The first-order valence-electron chi connectivity index (χ1n) is 8.53. The number of hydrogen-bond acceptors (Lipinski definition) is 5. The maximum Gasteiger partial charge on any atom is 0.340 e. The summed E-state index contributed by atoms with van der Waals surface area (Å²) in [5.74, 6) is 1.96. The van der Waals surface area contributed by atoms with Crippen molar-refractivity contribution in [2.75, 3.05) is 6.54 Å². The fraction of sp³-hybridized carbons (Fsp3) is 0.625. The quantitative estimate of drug-likeness (QED) is 0.887. The molecule has 1 aliphatic heterocycles. The Morgan fingerprint density at radius 1 is 1.33 bits per heavy atom. The summed E-state index contributed by atoms with van der Waals surface area (Å²) in [6, 6.07) is -0.235. The van der Waals surface area contributed by atoms with Crippen LogP contribution >= 0.6 is 0 Å². The lowest BCUT2D eigenvalue weighted by molar-refractivity contribution is 0.0564. The van der Waals surface area contributed by atoms with E-state index in [4.69, 9.17) is 4.42 Å². The van der Waals surface area contributed by atoms with E-state index in [1.165, 1.54) is 12.8 Å². The third-order valence-corrected chi connectivity index (χ3v) is 4.79. The summed E-state index contributed by atoms with van der Waals surface area (Å²) >= 11 is 0. The molecule has 1 atom stereocenters. The standard InChI is InChI=1S/C16H21N5O3/c1-9-13(24-12(17-9)8-10-5-6-10)15(22)21-7-3-2-4-11(21)14-18-16(23)20-19-14/h10-11H,2-8H2,1H3,(H2,18,19,20,23). The molecule has 1 amide bonds. The molecule has 8 heteroatoms. The van der Waals surface area contributed by atoms with Crippen molar-refractivity contribution in [1.29, 1.82) is 0 Å². The van der Waals surface area contributed by atoms with Gasteiger partial charge in [0, 0.05) is 13.0 Å². The normalized spacial score (nSPS) is 21.2. The Labute approximate surface area is 138 Å². The lowest BCUT2D eigenvalue weighted by Crippen LogP contribution is -2.39. The largest absolute Gasteiger partial charge is 0.435 e. The average Bonchev–Trinajstić information content (AvgIpc) is 3.16. The second-order valence-electron chi connectivity index (χ2n) is 6.74. The molecule has 2 aromatic heterocycles. The van der Waals surface area contributed by atoms with Gasteiger partial charge in [-0.3, -0.25) is 9.78 Å². The monoisotopic (exact) mass is 331 g/mol. The number of nitrogens with zero attached hydrogens (tertiary/aromatic N) is 3. The molecule has 0 aromatic carbocycles. The number of piperidine rings is 1. The number of aromatic nitrogens is 4. The minimum Gasteiger partial charge on any atom is -0.435 e. The van der Waals surface area contributed by atoms with Crippen LogP contribution in [-0.4, -0.2) is 37.5 Å². The van der Waals surface area contributed by atoms with Gasteiger partial charge in [-0.2, -0.15) is 5.10 Å². The van der Waals surface area contributed by atoms with Crippen LogP contribution in [0.1, 0.15) is 66.1 Å². The lowest BCUT2D eigenvalue weighted by Gasteiger charge is -2.33. The smallest absolute Gasteiger partial charge is 0.340 e. The highest BCUT2D eigenvalue weighted by Crippen LogP contribution is 2.34. The maximum absolute atomic E-state index is 13.0. The third kappa shape index (κ3) is 2.88. The predicted octanol–water partition coefficient (Wildman–Crippen LogP) is 1.71. The second kappa shape index (κ2) is 5.92. The Kier molecular flexibility index (Phi) is 3.74. The minimum absolute atomic E-state index is 0.171. The molecule has 4 rings (SSSR count). The van der Waals surface area contributed by atoms with Crippen LogP contribution in [0.15, 0.2) is 9.21 Å². The maximum atomic E-state index is 13.0. The predicted molar refractivity (Wildman–Crippen MR) is 84.5 cm³/mol. The first-order valence-corrected chi connectivity index (χ1v) is 8.53. The van der Waals surface area contributed by atoms with E-state index >= 15 is 0 Å². The van der Waals surface area contributed by atoms with Gasteiger partial charge in [-0.15, -0.1) is 0 Å². The van der Waals surface area contributed by atoms with Crippen LogP contribution in [0.3, 0.4) is 0 Å². The van der Waals surface area contributed by atoms with E-state index in [-0.39, 0.29) is 17.6 Å². The Morgan fingerprint density at radius 2 is 2.17 bits per heavy atom. The van der Waals surface area contributed by atoms with Gasteiger partial charge < -0.3 is 9.32 Å². The molecular weight excluding hydrogens is 310 g/mol. The molecule has 1 saturated heterocycles. The second-order valence-corrected chi connectivity index (χ2v) is 6.74. The molecule has 2 N–H and O–H groups in total. The summed E-state index contributed by atoms with van der Waals surface area (Å²) < 4.78 is 5.77. The number of carbonyl (C=O) groups is 1. The van der Waals surface area contributed by atoms with Gasteiger partial charge in [0.05, 0.1) is 11.7 Å². The van der Waals surface area contributed by atoms with Gasteiger partial charge in [-0.25, -0.2) is 14.9 Å². The summed E-state index contributed by atoms with van der Waals surface area (Å²) in [6.45, 7) is 2.43. The number of hydrogen-bond donors (Lipinski definition) is 2. The molecule has 24 heavy (non-hydrogen) atoms. The zero-order valence-electron chi connectivity index (χ0n) is 13.7. The van der Waals surface area contributed by atoms with Crippen molar-refractivity contribution in [1.82, 2.24) is 25.1 Å². The van der Waals surface area contributed by atoms with Crippen LogP contribution in [0.2, 0.25) is 0 Å². The van der Waals surface area contributed by atoms with Crippen molar-refractivity contribution in [2.24, 2.45) is 5.92 Å². The molecule has 2 aliphatic rings. The average molecular weight is 331 g/mol. The Hall–Kier alpha value is -2.38. The van der Waals surface area contributed by atoms with E-state index in [2.05, 4.69) is 20.2 Å². The minimum atomic E-state index is -0.356. The van der Waals surface area contributed by atoms with Crippen molar-refractivity contribution >= 4 is 5.91 Å². The topological polar surface area (TPSA) is 108 Å². The summed E-state index contributed by atoms with van der Waals surface area (Å²) in [6.07, 6.45) is 5.93. The van der Waals surface area contributed by atoms with E-state index in [9.17, 15) is 9.59 Å². The first kappa shape index (κ1) is 15.2. The molecule has 2 fully saturated rings. The zero-order valence-corrected chi connectivity index (χ0v) is 13.7. The summed E-state index contributed by atoms with van der Waals surface area (Å²) in [5.41, 5.74) is 0.279. The third-order valence-electron chi connectivity index (χ3n) is 4.79. The Bertz CT molecular complexity index is 801. The molecule has 8 nitrogen and oxygen atoms in total. The van der Waals surface area contributed by atoms with Crippen molar-refractivity contribution in [3.8, 4) is 0 Å². The van der Waals surface area contributed by atoms with E-state index in [0.717, 1.165) is 25.7 Å². The zero-order chi connectivity index (χ0) is 16.7. The molecule has 1 saturated carbocycles. The molecule has 0 bridgehead atoms. The SMILES string of the molecule is Cc1nc(CC2CC2)oc1C(=O)N1CCCCC1c1n[nH]c(=O)[nH]1.